The van der Waals surface area contributed by atoms with E-state index in [-0.39, 0.29) is 22.8 Å². The number of hydrogen-bond acceptors (Lipinski definition) is 6. The fraction of sp³-hybridized carbons (Fsp3) is 0.100. The molecule has 2 heterocycles. The van der Waals surface area contributed by atoms with Crippen LogP contribution in [0.15, 0.2) is 42.6 Å². The minimum absolute atomic E-state index is 0.0118. The van der Waals surface area contributed by atoms with Gasteiger partial charge < -0.3 is 5.73 Å². The Hall–Kier alpha value is -3.99. The van der Waals surface area contributed by atoms with Crippen molar-refractivity contribution in [3.63, 3.8) is 0 Å². The average molecular weight is 427 g/mol. The second kappa shape index (κ2) is 7.36. The van der Waals surface area contributed by atoms with Gasteiger partial charge in [-0.05, 0) is 42.8 Å². The van der Waals surface area contributed by atoms with Gasteiger partial charge in [-0.25, -0.2) is 15.8 Å². The number of halogens is 3. The third-order valence-electron chi connectivity index (χ3n) is 4.80. The van der Waals surface area contributed by atoms with Gasteiger partial charge in [0.25, 0.3) is 5.91 Å². The summed E-state index contributed by atoms with van der Waals surface area (Å²) in [7, 11) is 0. The number of hydrazine groups is 1. The first-order valence-electron chi connectivity index (χ1n) is 8.99. The van der Waals surface area contributed by atoms with Crippen molar-refractivity contribution in [2.75, 3.05) is 5.73 Å². The second-order valence-corrected chi connectivity index (χ2v) is 6.82. The Kier molecular flexibility index (Phi) is 4.82. The first kappa shape index (κ1) is 20.3. The molecule has 2 aromatic carbocycles. The molecular weight excluding hydrogens is 411 g/mol. The molecule has 0 radical (unpaired) electrons. The number of amides is 1. The van der Waals surface area contributed by atoms with Gasteiger partial charge in [-0.15, -0.1) is 0 Å². The Balaban J connectivity index is 1.96. The molecule has 0 saturated carbocycles. The zero-order valence-electron chi connectivity index (χ0n) is 16.1. The fourth-order valence-corrected chi connectivity index (χ4v) is 3.30. The van der Waals surface area contributed by atoms with Crippen LogP contribution in [0.3, 0.4) is 0 Å². The summed E-state index contributed by atoms with van der Waals surface area (Å²) < 4.78 is 39.0. The van der Waals surface area contributed by atoms with E-state index in [9.17, 15) is 18.0 Å². The lowest BCUT2D eigenvalue weighted by Gasteiger charge is -2.13. The van der Waals surface area contributed by atoms with Crippen molar-refractivity contribution >= 4 is 22.5 Å². The number of anilines is 1. The van der Waals surface area contributed by atoms with Crippen molar-refractivity contribution in [3.05, 3.63) is 59.4 Å². The van der Waals surface area contributed by atoms with E-state index in [2.05, 4.69) is 20.2 Å². The lowest BCUT2D eigenvalue weighted by molar-refractivity contribution is -0.137. The van der Waals surface area contributed by atoms with Gasteiger partial charge in [-0.2, -0.15) is 18.3 Å². The van der Waals surface area contributed by atoms with E-state index < -0.39 is 17.6 Å². The van der Waals surface area contributed by atoms with E-state index >= 15 is 0 Å². The van der Waals surface area contributed by atoms with Crippen molar-refractivity contribution in [1.82, 2.24) is 25.6 Å². The van der Waals surface area contributed by atoms with E-state index in [1.807, 2.05) is 24.5 Å². The van der Waals surface area contributed by atoms with Crippen LogP contribution < -0.4 is 17.0 Å². The Labute approximate surface area is 173 Å². The maximum Gasteiger partial charge on any atom is 0.416 e. The van der Waals surface area contributed by atoms with Gasteiger partial charge in [0.05, 0.1) is 23.0 Å². The summed E-state index contributed by atoms with van der Waals surface area (Å²) in [5.41, 5.74) is 9.54. The first-order valence-corrected chi connectivity index (χ1v) is 8.99. The molecule has 4 aromatic rings. The van der Waals surface area contributed by atoms with Crippen molar-refractivity contribution in [3.8, 4) is 22.6 Å². The van der Waals surface area contributed by atoms with E-state index in [1.165, 1.54) is 12.1 Å². The number of carbonyl (C=O) groups is 1. The number of nitrogens with one attached hydrogen (secondary N) is 2. The lowest BCUT2D eigenvalue weighted by Crippen LogP contribution is -2.31. The van der Waals surface area contributed by atoms with Crippen LogP contribution in [0.5, 0.6) is 0 Å². The number of carbonyl (C=O) groups excluding carboxylic acids is 1. The largest absolute Gasteiger partial charge is 0.416 e. The maximum absolute atomic E-state index is 13.0. The highest BCUT2D eigenvalue weighted by Gasteiger charge is 2.31. The molecule has 0 bridgehead atoms. The predicted octanol–water partition coefficient (Wildman–Crippen LogP) is 3.20. The van der Waals surface area contributed by atoms with Crippen LogP contribution in [-0.2, 0) is 6.18 Å². The van der Waals surface area contributed by atoms with Crippen LogP contribution in [0.25, 0.3) is 33.5 Å². The Morgan fingerprint density at radius 1 is 1.13 bits per heavy atom. The standard InChI is InChI=1S/C20H16F3N7O/c1-9-2-5-14-12(8-26-30-14)17(9)15-7-16(19(31)29-25)28-18(27-15)11-4-3-10(6-13(11)24)20(21,22)23/h2-8H,24-25H2,1H3,(H,26,30)(H,29,31). The number of fused-ring (bicyclic) bond motifs is 1. The van der Waals surface area contributed by atoms with Crippen molar-refractivity contribution in [2.24, 2.45) is 5.84 Å². The second-order valence-electron chi connectivity index (χ2n) is 6.82. The topological polar surface area (TPSA) is 136 Å². The molecule has 11 heteroatoms. The lowest BCUT2D eigenvalue weighted by atomic mass is 10.00. The number of nitrogens with zero attached hydrogens (tertiary/aromatic N) is 3. The number of benzene rings is 2. The van der Waals surface area contributed by atoms with Crippen molar-refractivity contribution in [2.45, 2.75) is 13.1 Å². The number of aromatic nitrogens is 4. The maximum atomic E-state index is 13.0. The van der Waals surface area contributed by atoms with Gasteiger partial charge in [0, 0.05) is 22.2 Å². The van der Waals surface area contributed by atoms with Crippen LogP contribution in [0, 0.1) is 6.92 Å². The molecule has 0 aliphatic heterocycles. The summed E-state index contributed by atoms with van der Waals surface area (Å²) in [5.74, 6) is 4.56. The van der Waals surface area contributed by atoms with E-state index in [0.717, 1.165) is 28.6 Å². The van der Waals surface area contributed by atoms with E-state index in [4.69, 9.17) is 11.6 Å². The highest BCUT2D eigenvalue weighted by molar-refractivity contribution is 5.98. The van der Waals surface area contributed by atoms with Gasteiger partial charge in [0.1, 0.15) is 5.69 Å². The number of aryl methyl sites for hydroxylation is 1. The predicted molar refractivity (Wildman–Crippen MR) is 108 cm³/mol. The number of nitrogen functional groups attached to an aromatic ring is 2. The van der Waals surface area contributed by atoms with Gasteiger partial charge in [-0.3, -0.25) is 15.3 Å². The summed E-state index contributed by atoms with van der Waals surface area (Å²) in [5, 5.41) is 7.65. The first-order chi connectivity index (χ1) is 14.7. The summed E-state index contributed by atoms with van der Waals surface area (Å²) in [4.78, 5) is 20.9. The van der Waals surface area contributed by atoms with Gasteiger partial charge >= 0.3 is 6.18 Å². The molecule has 0 atom stereocenters. The molecule has 8 nitrogen and oxygen atoms in total. The molecule has 4 rings (SSSR count). The third kappa shape index (κ3) is 3.66. The molecule has 158 valence electrons. The van der Waals surface area contributed by atoms with E-state index in [1.54, 1.807) is 6.20 Å². The molecular formula is C20H16F3N7O. The average Bonchev–Trinajstić information content (AvgIpc) is 3.20. The SMILES string of the molecule is Cc1ccc2[nH]ncc2c1-c1cc(C(=O)NN)nc(-c2ccc(C(F)(F)F)cc2N)n1. The Bertz CT molecular complexity index is 1310. The van der Waals surface area contributed by atoms with Gasteiger partial charge in [-0.1, -0.05) is 6.07 Å². The van der Waals surface area contributed by atoms with Gasteiger partial charge in [0.2, 0.25) is 0 Å². The highest BCUT2D eigenvalue weighted by atomic mass is 19.4. The van der Waals surface area contributed by atoms with Crippen LogP contribution in [0.2, 0.25) is 0 Å². The fourth-order valence-electron chi connectivity index (χ4n) is 3.30. The van der Waals surface area contributed by atoms with Crippen LogP contribution in [-0.4, -0.2) is 26.1 Å². The summed E-state index contributed by atoms with van der Waals surface area (Å²) in [6.07, 6.45) is -2.93. The summed E-state index contributed by atoms with van der Waals surface area (Å²) in [6.45, 7) is 1.86. The van der Waals surface area contributed by atoms with Crippen LogP contribution in [0.4, 0.5) is 18.9 Å². The van der Waals surface area contributed by atoms with E-state index in [0.29, 0.717) is 11.3 Å². The minimum Gasteiger partial charge on any atom is -0.398 e. The molecule has 0 saturated heterocycles. The molecule has 0 aliphatic rings. The molecule has 1 amide bonds. The van der Waals surface area contributed by atoms with Gasteiger partial charge in [0.15, 0.2) is 5.82 Å². The minimum atomic E-state index is -4.55. The molecule has 2 aromatic heterocycles. The number of alkyl halides is 3. The van der Waals surface area contributed by atoms with Crippen LogP contribution >= 0.6 is 0 Å². The Morgan fingerprint density at radius 2 is 1.90 bits per heavy atom. The number of nitrogens with two attached hydrogens (primary N) is 2. The molecule has 6 N–H and O–H groups in total. The summed E-state index contributed by atoms with van der Waals surface area (Å²) in [6, 6.07) is 8.01. The number of rotatable bonds is 3. The van der Waals surface area contributed by atoms with Crippen LogP contribution in [0.1, 0.15) is 21.6 Å². The zero-order valence-corrected chi connectivity index (χ0v) is 16.1. The van der Waals surface area contributed by atoms with Crippen molar-refractivity contribution < 1.29 is 18.0 Å². The number of H-pyrrole nitrogens is 1. The number of hydrogen-bond donors (Lipinski definition) is 4. The molecule has 0 unspecified atom stereocenters. The Morgan fingerprint density at radius 3 is 2.58 bits per heavy atom. The monoisotopic (exact) mass is 427 g/mol. The molecule has 31 heavy (non-hydrogen) atoms. The molecule has 0 spiro atoms. The summed E-state index contributed by atoms with van der Waals surface area (Å²) >= 11 is 0. The molecule has 0 aliphatic carbocycles. The highest BCUT2D eigenvalue weighted by Crippen LogP contribution is 2.35. The quantitative estimate of drug-likeness (QED) is 0.172. The third-order valence-corrected chi connectivity index (χ3v) is 4.80. The number of aromatic amines is 1. The smallest absolute Gasteiger partial charge is 0.398 e. The molecule has 0 fully saturated rings. The normalized spacial score (nSPS) is 11.6. The van der Waals surface area contributed by atoms with Crippen molar-refractivity contribution in [1.29, 1.82) is 0 Å². The zero-order chi connectivity index (χ0) is 22.3.